The molecule has 1 aliphatic heterocycles. The van der Waals surface area contributed by atoms with E-state index < -0.39 is 24.6 Å². The lowest BCUT2D eigenvalue weighted by molar-refractivity contribution is -0.199. The molecule has 3 aliphatic carbocycles. The van der Waals surface area contributed by atoms with E-state index in [1.54, 1.807) is 6.92 Å². The third-order valence-electron chi connectivity index (χ3n) is 10.6. The maximum atomic E-state index is 13.6. The summed E-state index contributed by atoms with van der Waals surface area (Å²) < 4.78 is 13.2. The van der Waals surface area contributed by atoms with Gasteiger partial charge in [-0.05, 0) is 62.7 Å². The molecule has 224 valence electrons. The summed E-state index contributed by atoms with van der Waals surface area (Å²) in [7, 11) is -0.518. The summed E-state index contributed by atoms with van der Waals surface area (Å²) in [6, 6.07) is 0. The first kappa shape index (κ1) is 32.6. The fraction of sp³-hybridized carbons (Fsp3) is 0.938. The molecule has 0 aromatic rings. The average molecular weight is 548 g/mol. The standard InChI is InChI=1S/C32H58BNO5/c1-10-11-12-13-14-15-16-30(5,6)26(36)20-24(22(4)35)29(37)34-28(17-21(2)3)33-38-27-19-23-18-25(31(23,7)8)32(27,9)39-33/h21-25,27-28,35H,10-20H2,1-9H3,(H,34,37)/t22-,23-,24+,25-,27-,28+,32+/m1/s1. The molecule has 0 unspecified atom stereocenters. The topological polar surface area (TPSA) is 84.9 Å². The zero-order valence-electron chi connectivity index (χ0n) is 26.5. The Bertz CT molecular complexity index is 842. The number of carbonyl (C=O) groups excluding carboxylic acids is 2. The van der Waals surface area contributed by atoms with Gasteiger partial charge in [-0.15, -0.1) is 0 Å². The summed E-state index contributed by atoms with van der Waals surface area (Å²) in [6.07, 6.45) is 9.96. The lowest BCUT2D eigenvalue weighted by Crippen LogP contribution is -2.65. The first-order valence-corrected chi connectivity index (χ1v) is 16.0. The van der Waals surface area contributed by atoms with Crippen LogP contribution in [0, 0.1) is 34.5 Å². The van der Waals surface area contributed by atoms with Crippen LogP contribution in [0.1, 0.15) is 133 Å². The van der Waals surface area contributed by atoms with Crippen molar-refractivity contribution in [1.29, 1.82) is 0 Å². The molecule has 4 fully saturated rings. The smallest absolute Gasteiger partial charge is 0.404 e. The van der Waals surface area contributed by atoms with Crippen molar-refractivity contribution >= 4 is 18.8 Å². The summed E-state index contributed by atoms with van der Waals surface area (Å²) in [4.78, 5) is 26.9. The number of nitrogens with one attached hydrogen (secondary N) is 1. The zero-order chi connectivity index (χ0) is 29.2. The molecule has 2 N–H and O–H groups in total. The maximum Gasteiger partial charge on any atom is 0.481 e. The molecule has 7 atom stereocenters. The average Bonchev–Trinajstić information content (AvgIpc) is 3.20. The lowest BCUT2D eigenvalue weighted by atomic mass is 9.43. The van der Waals surface area contributed by atoms with Crippen LogP contribution in [-0.2, 0) is 18.9 Å². The van der Waals surface area contributed by atoms with Crippen LogP contribution < -0.4 is 5.32 Å². The van der Waals surface area contributed by atoms with Crippen LogP contribution in [0.15, 0.2) is 0 Å². The highest BCUT2D eigenvalue weighted by atomic mass is 16.7. The Balaban J connectivity index is 1.62. The van der Waals surface area contributed by atoms with Crippen LogP contribution >= 0.6 is 0 Å². The highest BCUT2D eigenvalue weighted by Crippen LogP contribution is 2.65. The molecule has 6 nitrogen and oxygen atoms in total. The highest BCUT2D eigenvalue weighted by Gasteiger charge is 2.68. The quantitative estimate of drug-likeness (QED) is 0.170. The lowest BCUT2D eigenvalue weighted by Gasteiger charge is -2.64. The van der Waals surface area contributed by atoms with Gasteiger partial charge >= 0.3 is 7.12 Å². The second-order valence-corrected chi connectivity index (χ2v) is 15.0. The van der Waals surface area contributed by atoms with Crippen LogP contribution in [0.5, 0.6) is 0 Å². The first-order chi connectivity index (χ1) is 18.1. The van der Waals surface area contributed by atoms with Gasteiger partial charge in [0.15, 0.2) is 0 Å². The summed E-state index contributed by atoms with van der Waals surface area (Å²) >= 11 is 0. The summed E-state index contributed by atoms with van der Waals surface area (Å²) in [5.41, 5.74) is -0.603. The molecular formula is C32H58BNO5. The minimum Gasteiger partial charge on any atom is -0.404 e. The fourth-order valence-corrected chi connectivity index (χ4v) is 7.55. The molecule has 4 rings (SSSR count). The first-order valence-electron chi connectivity index (χ1n) is 16.0. The monoisotopic (exact) mass is 547 g/mol. The minimum atomic E-state index is -0.919. The molecule has 0 spiro atoms. The molecule has 1 saturated heterocycles. The van der Waals surface area contributed by atoms with E-state index >= 15 is 0 Å². The Labute approximate surface area is 239 Å². The van der Waals surface area contributed by atoms with Crippen LogP contribution in [0.25, 0.3) is 0 Å². The Hall–Kier alpha value is -0.915. The number of carbonyl (C=O) groups is 2. The van der Waals surface area contributed by atoms with Gasteiger partial charge in [-0.3, -0.25) is 9.59 Å². The van der Waals surface area contributed by atoms with Crippen LogP contribution in [0.2, 0.25) is 0 Å². The molecule has 39 heavy (non-hydrogen) atoms. The SMILES string of the molecule is CCCCCCCCC(C)(C)C(=O)C[C@H](C(=O)N[C@@H](CC(C)C)B1O[C@@H]2C[C@H]3C[C@H](C3(C)C)[C@]2(C)O1)[C@@H](C)O. The van der Waals surface area contributed by atoms with Crippen LogP contribution in [0.3, 0.4) is 0 Å². The number of unbranched alkanes of at least 4 members (excludes halogenated alkanes) is 5. The van der Waals surface area contributed by atoms with Gasteiger partial charge in [0.05, 0.1) is 29.7 Å². The van der Waals surface area contributed by atoms with Crippen molar-refractivity contribution < 1.29 is 24.0 Å². The maximum absolute atomic E-state index is 13.6. The van der Waals surface area contributed by atoms with E-state index in [9.17, 15) is 14.7 Å². The second kappa shape index (κ2) is 12.9. The van der Waals surface area contributed by atoms with E-state index in [2.05, 4.69) is 46.9 Å². The third-order valence-corrected chi connectivity index (χ3v) is 10.6. The van der Waals surface area contributed by atoms with Crippen molar-refractivity contribution in [2.24, 2.45) is 34.5 Å². The van der Waals surface area contributed by atoms with Gasteiger partial charge in [0.1, 0.15) is 5.78 Å². The second-order valence-electron chi connectivity index (χ2n) is 15.0. The predicted molar refractivity (Wildman–Crippen MR) is 158 cm³/mol. The predicted octanol–water partition coefficient (Wildman–Crippen LogP) is 6.52. The molecule has 4 aliphatic rings. The third kappa shape index (κ3) is 7.30. The zero-order valence-corrected chi connectivity index (χ0v) is 26.5. The van der Waals surface area contributed by atoms with Crippen molar-refractivity contribution in [1.82, 2.24) is 5.32 Å². The van der Waals surface area contributed by atoms with E-state index in [0.717, 1.165) is 25.7 Å². The van der Waals surface area contributed by atoms with Crippen molar-refractivity contribution in [3.05, 3.63) is 0 Å². The van der Waals surface area contributed by atoms with Crippen molar-refractivity contribution in [3.8, 4) is 0 Å². The number of amides is 1. The largest absolute Gasteiger partial charge is 0.481 e. The number of Topliss-reactive ketones (excluding diaryl/α,β-unsaturated/α-hetero) is 1. The Kier molecular flexibility index (Phi) is 10.8. The van der Waals surface area contributed by atoms with Gasteiger partial charge in [0.2, 0.25) is 5.91 Å². The van der Waals surface area contributed by atoms with Crippen molar-refractivity contribution in [2.75, 3.05) is 0 Å². The van der Waals surface area contributed by atoms with Gasteiger partial charge in [-0.1, -0.05) is 87.0 Å². The summed E-state index contributed by atoms with van der Waals surface area (Å²) in [5.74, 6) is 0.0839. The number of hydrogen-bond acceptors (Lipinski definition) is 5. The van der Waals surface area contributed by atoms with E-state index in [1.807, 2.05) is 13.8 Å². The van der Waals surface area contributed by atoms with Gasteiger partial charge in [0.25, 0.3) is 0 Å². The van der Waals surface area contributed by atoms with E-state index in [0.29, 0.717) is 24.2 Å². The Morgan fingerprint density at radius 1 is 1.05 bits per heavy atom. The Morgan fingerprint density at radius 2 is 1.69 bits per heavy atom. The molecule has 0 aromatic carbocycles. The molecule has 2 bridgehead atoms. The van der Waals surface area contributed by atoms with Gasteiger partial charge in [-0.2, -0.15) is 0 Å². The van der Waals surface area contributed by atoms with Crippen LogP contribution in [0.4, 0.5) is 0 Å². The molecule has 1 amide bonds. The number of rotatable bonds is 16. The van der Waals surface area contributed by atoms with Crippen molar-refractivity contribution in [2.45, 2.75) is 157 Å². The molecule has 0 radical (unpaired) electrons. The molecule has 0 aromatic heterocycles. The van der Waals surface area contributed by atoms with E-state index in [1.165, 1.54) is 32.1 Å². The van der Waals surface area contributed by atoms with Crippen LogP contribution in [-0.4, -0.2) is 47.7 Å². The number of hydrogen-bond donors (Lipinski definition) is 2. The normalized spacial score (nSPS) is 29.9. The Morgan fingerprint density at radius 3 is 2.28 bits per heavy atom. The molecule has 1 heterocycles. The van der Waals surface area contributed by atoms with E-state index in [-0.39, 0.29) is 41.2 Å². The number of ketones is 1. The number of aliphatic hydroxyl groups excluding tert-OH is 1. The molecule has 3 saturated carbocycles. The fourth-order valence-electron chi connectivity index (χ4n) is 7.55. The van der Waals surface area contributed by atoms with Crippen molar-refractivity contribution in [3.63, 3.8) is 0 Å². The van der Waals surface area contributed by atoms with E-state index in [4.69, 9.17) is 9.31 Å². The van der Waals surface area contributed by atoms with Gasteiger partial charge < -0.3 is 19.7 Å². The summed E-state index contributed by atoms with van der Waals surface area (Å²) in [6.45, 7) is 18.9. The van der Waals surface area contributed by atoms with Gasteiger partial charge in [0, 0.05) is 11.8 Å². The molecular weight excluding hydrogens is 489 g/mol. The highest BCUT2D eigenvalue weighted by molar-refractivity contribution is 6.47. The molecule has 7 heteroatoms. The summed E-state index contributed by atoms with van der Waals surface area (Å²) in [5, 5.41) is 13.8. The van der Waals surface area contributed by atoms with Gasteiger partial charge in [-0.25, -0.2) is 0 Å². The number of aliphatic hydroxyl groups is 1. The minimum absolute atomic E-state index is 0.0442.